The molecule has 7 nitrogen and oxygen atoms in total. The fraction of sp³-hybridized carbons (Fsp3) is 0.208. The zero-order chi connectivity index (χ0) is 22.7. The first-order chi connectivity index (χ1) is 15.5. The van der Waals surface area contributed by atoms with Crippen LogP contribution in [0, 0.1) is 13.8 Å². The van der Waals surface area contributed by atoms with Crippen LogP contribution in [-0.4, -0.2) is 29.2 Å². The number of carbonyl (C=O) groups excluding carboxylic acids is 1. The molecular formula is C24H23N3O4S. The number of rotatable bonds is 7. The number of aromatic nitrogens is 2. The summed E-state index contributed by atoms with van der Waals surface area (Å²) in [6.45, 7) is 4.47. The Bertz CT molecular complexity index is 1330. The number of thiophene rings is 1. The highest BCUT2D eigenvalue weighted by Gasteiger charge is 2.20. The first kappa shape index (κ1) is 21.6. The number of amides is 1. The van der Waals surface area contributed by atoms with E-state index in [1.54, 1.807) is 26.2 Å². The zero-order valence-corrected chi connectivity index (χ0v) is 18.9. The number of nitrogens with one attached hydrogen (secondary N) is 1. The quantitative estimate of drug-likeness (QED) is 0.452. The maximum Gasteiger partial charge on any atom is 0.266 e. The molecule has 0 radical (unpaired) electrons. The largest absolute Gasteiger partial charge is 0.495 e. The molecule has 0 saturated heterocycles. The predicted octanol–water partition coefficient (Wildman–Crippen LogP) is 4.41. The number of benzene rings is 2. The number of anilines is 1. The molecule has 164 valence electrons. The molecule has 0 aliphatic heterocycles. The van der Waals surface area contributed by atoms with Gasteiger partial charge in [0.1, 0.15) is 22.9 Å². The van der Waals surface area contributed by atoms with Crippen molar-refractivity contribution in [2.24, 2.45) is 0 Å². The normalized spacial score (nSPS) is 10.8. The van der Waals surface area contributed by atoms with Gasteiger partial charge in [-0.15, -0.1) is 11.3 Å². The van der Waals surface area contributed by atoms with Crippen molar-refractivity contribution in [3.63, 3.8) is 0 Å². The van der Waals surface area contributed by atoms with Crippen LogP contribution in [-0.2, 0) is 6.54 Å². The summed E-state index contributed by atoms with van der Waals surface area (Å²) >= 11 is 1.20. The Kier molecular flexibility index (Phi) is 6.23. The van der Waals surface area contributed by atoms with Crippen LogP contribution in [0.15, 0.2) is 59.7 Å². The molecule has 0 atom stereocenters. The lowest BCUT2D eigenvalue weighted by Crippen LogP contribution is -2.23. The number of nitrogens with zero attached hydrogens (tertiary/aromatic N) is 2. The minimum absolute atomic E-state index is 0.187. The highest BCUT2D eigenvalue weighted by Crippen LogP contribution is 2.29. The average Bonchev–Trinajstić information content (AvgIpc) is 3.14. The Morgan fingerprint density at radius 1 is 1.12 bits per heavy atom. The van der Waals surface area contributed by atoms with Crippen molar-refractivity contribution < 1.29 is 14.3 Å². The molecule has 0 unspecified atom stereocenters. The van der Waals surface area contributed by atoms with Crippen molar-refractivity contribution in [1.29, 1.82) is 0 Å². The number of ether oxygens (including phenoxy) is 2. The van der Waals surface area contributed by atoms with E-state index in [0.29, 0.717) is 45.2 Å². The van der Waals surface area contributed by atoms with E-state index < -0.39 is 0 Å². The van der Waals surface area contributed by atoms with Crippen LogP contribution in [0.1, 0.15) is 20.8 Å². The number of aryl methyl sites for hydroxylation is 2. The summed E-state index contributed by atoms with van der Waals surface area (Å²) in [5, 5.41) is 3.32. The van der Waals surface area contributed by atoms with Gasteiger partial charge in [-0.05, 0) is 43.7 Å². The summed E-state index contributed by atoms with van der Waals surface area (Å²) in [4.78, 5) is 31.4. The van der Waals surface area contributed by atoms with Crippen LogP contribution in [0.25, 0.3) is 10.2 Å². The van der Waals surface area contributed by atoms with Crippen LogP contribution in [0.3, 0.4) is 0 Å². The van der Waals surface area contributed by atoms with Gasteiger partial charge in [0.2, 0.25) is 0 Å². The highest BCUT2D eigenvalue weighted by molar-refractivity contribution is 7.20. The molecule has 1 amide bonds. The Morgan fingerprint density at radius 2 is 1.88 bits per heavy atom. The molecule has 1 N–H and O–H groups in total. The zero-order valence-electron chi connectivity index (χ0n) is 18.0. The van der Waals surface area contributed by atoms with E-state index in [4.69, 9.17) is 9.47 Å². The molecule has 0 fully saturated rings. The van der Waals surface area contributed by atoms with E-state index in [1.165, 1.54) is 22.2 Å². The molecular weight excluding hydrogens is 426 g/mol. The van der Waals surface area contributed by atoms with Crippen LogP contribution in [0.5, 0.6) is 11.5 Å². The molecule has 8 heteroatoms. The molecule has 4 aromatic rings. The minimum Gasteiger partial charge on any atom is -0.495 e. The maximum absolute atomic E-state index is 13.1. The summed E-state index contributed by atoms with van der Waals surface area (Å²) < 4.78 is 12.5. The molecule has 0 aliphatic carbocycles. The number of hydrogen-bond donors (Lipinski definition) is 1. The second kappa shape index (κ2) is 9.23. The van der Waals surface area contributed by atoms with E-state index in [-0.39, 0.29) is 11.5 Å². The second-order valence-corrected chi connectivity index (χ2v) is 8.29. The first-order valence-electron chi connectivity index (χ1n) is 10.1. The number of para-hydroxylation sites is 2. The second-order valence-electron chi connectivity index (χ2n) is 7.30. The van der Waals surface area contributed by atoms with Gasteiger partial charge in [0.05, 0.1) is 35.9 Å². The lowest BCUT2D eigenvalue weighted by atomic mass is 10.2. The Balaban J connectivity index is 1.54. The Labute approximate surface area is 189 Å². The summed E-state index contributed by atoms with van der Waals surface area (Å²) in [7, 11) is 1.55. The number of fused-ring (bicyclic) bond motifs is 1. The van der Waals surface area contributed by atoms with Crippen molar-refractivity contribution >= 4 is 33.1 Å². The number of carbonyl (C=O) groups is 1. The van der Waals surface area contributed by atoms with Crippen molar-refractivity contribution in [1.82, 2.24) is 9.55 Å². The molecule has 32 heavy (non-hydrogen) atoms. The number of hydrogen-bond acceptors (Lipinski definition) is 6. The van der Waals surface area contributed by atoms with Crippen molar-refractivity contribution in [2.45, 2.75) is 20.4 Å². The Morgan fingerprint density at radius 3 is 2.62 bits per heavy atom. The SMILES string of the molecule is COc1ccccc1NC(=O)c1sc2ncn(CCOc3ccc(C)cc3)c(=O)c2c1C. The summed E-state index contributed by atoms with van der Waals surface area (Å²) in [5.41, 5.74) is 2.15. The van der Waals surface area contributed by atoms with E-state index in [1.807, 2.05) is 43.3 Å². The lowest BCUT2D eigenvalue weighted by Gasteiger charge is -2.09. The third kappa shape index (κ3) is 4.36. The molecule has 2 aromatic carbocycles. The first-order valence-corrected chi connectivity index (χ1v) is 10.9. The smallest absolute Gasteiger partial charge is 0.266 e. The van der Waals surface area contributed by atoms with Gasteiger partial charge in [0.15, 0.2) is 0 Å². The molecule has 2 aromatic heterocycles. The summed E-state index contributed by atoms with van der Waals surface area (Å²) in [6, 6.07) is 14.9. The van der Waals surface area contributed by atoms with Crippen LogP contribution in [0.4, 0.5) is 5.69 Å². The molecule has 0 aliphatic rings. The summed E-state index contributed by atoms with van der Waals surface area (Å²) in [5.74, 6) is 1.01. The van der Waals surface area contributed by atoms with E-state index >= 15 is 0 Å². The van der Waals surface area contributed by atoms with Gasteiger partial charge in [-0.1, -0.05) is 29.8 Å². The average molecular weight is 450 g/mol. The standard InChI is InChI=1S/C24H23N3O4S/c1-15-8-10-17(11-9-15)31-13-12-27-14-25-23-20(24(27)29)16(2)21(32-23)22(28)26-18-6-4-5-7-19(18)30-3/h4-11,14H,12-13H2,1-3H3,(H,26,28). The van der Waals surface area contributed by atoms with Gasteiger partial charge in [0.25, 0.3) is 11.5 Å². The van der Waals surface area contributed by atoms with Crippen LogP contribution < -0.4 is 20.3 Å². The highest BCUT2D eigenvalue weighted by atomic mass is 32.1. The summed E-state index contributed by atoms with van der Waals surface area (Å²) in [6.07, 6.45) is 1.50. The topological polar surface area (TPSA) is 82.4 Å². The Hall–Kier alpha value is -3.65. The third-order valence-corrected chi connectivity index (χ3v) is 6.30. The molecule has 0 spiro atoms. The van der Waals surface area contributed by atoms with Crippen LogP contribution >= 0.6 is 11.3 Å². The fourth-order valence-electron chi connectivity index (χ4n) is 3.36. The molecule has 0 saturated carbocycles. The van der Waals surface area contributed by atoms with Gasteiger partial charge in [-0.25, -0.2) is 4.98 Å². The fourth-order valence-corrected chi connectivity index (χ4v) is 4.39. The van der Waals surface area contributed by atoms with E-state index in [0.717, 1.165) is 11.3 Å². The van der Waals surface area contributed by atoms with Gasteiger partial charge in [-0.2, -0.15) is 0 Å². The van der Waals surface area contributed by atoms with Gasteiger partial charge < -0.3 is 14.8 Å². The van der Waals surface area contributed by atoms with Gasteiger partial charge in [-0.3, -0.25) is 14.2 Å². The monoisotopic (exact) mass is 449 g/mol. The van der Waals surface area contributed by atoms with Crippen molar-refractivity contribution in [3.05, 3.63) is 81.2 Å². The van der Waals surface area contributed by atoms with Crippen molar-refractivity contribution in [2.75, 3.05) is 19.0 Å². The van der Waals surface area contributed by atoms with Crippen molar-refractivity contribution in [3.8, 4) is 11.5 Å². The van der Waals surface area contributed by atoms with Gasteiger partial charge in [0, 0.05) is 0 Å². The predicted molar refractivity (Wildman–Crippen MR) is 126 cm³/mol. The maximum atomic E-state index is 13.1. The van der Waals surface area contributed by atoms with Gasteiger partial charge >= 0.3 is 0 Å². The van der Waals surface area contributed by atoms with E-state index in [2.05, 4.69) is 10.3 Å². The third-order valence-electron chi connectivity index (χ3n) is 5.10. The lowest BCUT2D eigenvalue weighted by molar-refractivity contribution is 0.102. The minimum atomic E-state index is -0.302. The molecule has 0 bridgehead atoms. The van der Waals surface area contributed by atoms with E-state index in [9.17, 15) is 9.59 Å². The van der Waals surface area contributed by atoms with Crippen LogP contribution in [0.2, 0.25) is 0 Å². The number of methoxy groups -OCH3 is 1. The molecule has 4 rings (SSSR count). The molecule has 2 heterocycles.